The van der Waals surface area contributed by atoms with Gasteiger partial charge in [-0.2, -0.15) is 0 Å². The van der Waals surface area contributed by atoms with Gasteiger partial charge in [0.1, 0.15) is 12.2 Å². The number of carbonyl (C=O) groups is 2. The summed E-state index contributed by atoms with van der Waals surface area (Å²) in [7, 11) is 0. The molecule has 0 saturated heterocycles. The minimum absolute atomic E-state index is 0.236. The van der Waals surface area contributed by atoms with Gasteiger partial charge in [-0.1, -0.05) is 12.2 Å². The molecule has 0 aromatic heterocycles. The molecule has 0 aromatic carbocycles. The van der Waals surface area contributed by atoms with Gasteiger partial charge in [0.15, 0.2) is 0 Å². The topological polar surface area (TPSA) is 52.6 Å². The average Bonchev–Trinajstić information content (AvgIpc) is 2.14. The lowest BCUT2D eigenvalue weighted by atomic mass is 10.1. The van der Waals surface area contributed by atoms with Gasteiger partial charge in [-0.15, -0.1) is 0 Å². The van der Waals surface area contributed by atoms with Gasteiger partial charge in [-0.05, 0) is 25.0 Å². The summed E-state index contributed by atoms with van der Waals surface area (Å²) in [5.41, 5.74) is 0. The maximum Gasteiger partial charge on any atom is 0.303 e. The summed E-state index contributed by atoms with van der Waals surface area (Å²) in [5, 5.41) is 0. The molecular weight excluding hydrogens is 208 g/mol. The summed E-state index contributed by atoms with van der Waals surface area (Å²) in [6.45, 7) is 2.76. The zero-order chi connectivity index (χ0) is 12.0. The number of rotatable bonds is 2. The molecule has 88 valence electrons. The van der Waals surface area contributed by atoms with E-state index < -0.39 is 0 Å². The quantitative estimate of drug-likeness (QED) is 0.670. The van der Waals surface area contributed by atoms with Crippen molar-refractivity contribution in [1.82, 2.24) is 0 Å². The first kappa shape index (κ1) is 12.5. The summed E-state index contributed by atoms with van der Waals surface area (Å²) in [4.78, 5) is 21.6. The molecule has 0 N–H and O–H groups in total. The van der Waals surface area contributed by atoms with Crippen molar-refractivity contribution in [3.63, 3.8) is 0 Å². The summed E-state index contributed by atoms with van der Waals surface area (Å²) in [5.74, 6) is -0.605. The van der Waals surface area contributed by atoms with Gasteiger partial charge in [0.25, 0.3) is 0 Å². The van der Waals surface area contributed by atoms with Crippen LogP contribution in [0.15, 0.2) is 24.3 Å². The van der Waals surface area contributed by atoms with Gasteiger partial charge in [0.2, 0.25) is 0 Å². The Labute approximate surface area is 94.9 Å². The van der Waals surface area contributed by atoms with Crippen molar-refractivity contribution >= 4 is 11.9 Å². The summed E-state index contributed by atoms with van der Waals surface area (Å²) in [6.07, 6.45) is 8.06. The molecule has 0 heterocycles. The van der Waals surface area contributed by atoms with E-state index in [1.54, 1.807) is 12.2 Å². The maximum atomic E-state index is 10.8. The fourth-order valence-electron chi connectivity index (χ4n) is 1.52. The van der Waals surface area contributed by atoms with Gasteiger partial charge in [-0.25, -0.2) is 0 Å². The van der Waals surface area contributed by atoms with Crippen molar-refractivity contribution in [1.29, 1.82) is 0 Å². The fourth-order valence-corrected chi connectivity index (χ4v) is 1.52. The highest BCUT2D eigenvalue weighted by Crippen LogP contribution is 2.13. The Kier molecular flexibility index (Phi) is 4.76. The highest BCUT2D eigenvalue weighted by molar-refractivity contribution is 5.66. The van der Waals surface area contributed by atoms with Gasteiger partial charge < -0.3 is 9.47 Å². The first-order valence-corrected chi connectivity index (χ1v) is 5.27. The molecule has 0 saturated carbocycles. The Bertz CT molecular complexity index is 285. The Hall–Kier alpha value is -1.58. The second-order valence-corrected chi connectivity index (χ2v) is 3.64. The van der Waals surface area contributed by atoms with Crippen LogP contribution in [-0.2, 0) is 19.1 Å². The Morgan fingerprint density at radius 2 is 1.31 bits per heavy atom. The van der Waals surface area contributed by atoms with Gasteiger partial charge >= 0.3 is 11.9 Å². The van der Waals surface area contributed by atoms with E-state index in [9.17, 15) is 9.59 Å². The van der Waals surface area contributed by atoms with E-state index in [0.29, 0.717) is 12.8 Å². The van der Waals surface area contributed by atoms with E-state index in [1.165, 1.54) is 13.8 Å². The minimum Gasteiger partial charge on any atom is -0.458 e. The van der Waals surface area contributed by atoms with E-state index in [4.69, 9.17) is 9.47 Å². The van der Waals surface area contributed by atoms with Crippen LogP contribution in [0.4, 0.5) is 0 Å². The predicted octanol–water partition coefficient (Wildman–Crippen LogP) is 1.76. The summed E-state index contributed by atoms with van der Waals surface area (Å²) in [6, 6.07) is 0. The number of ether oxygens (including phenoxy) is 2. The zero-order valence-corrected chi connectivity index (χ0v) is 9.51. The summed E-state index contributed by atoms with van der Waals surface area (Å²) < 4.78 is 10.2. The first-order valence-electron chi connectivity index (χ1n) is 5.27. The van der Waals surface area contributed by atoms with Crippen LogP contribution in [0.2, 0.25) is 0 Å². The standard InChI is InChI=1S/C12H16O4/c1-9(13)15-11-5-3-4-6-12(8-7-11)16-10(2)14/h3-6,11-12H,7-8H2,1-2H3/b5-3-,6-4?/t11-,12+/m1/s1. The second kappa shape index (κ2) is 6.10. The molecule has 4 nitrogen and oxygen atoms in total. The van der Waals surface area contributed by atoms with Crippen molar-refractivity contribution < 1.29 is 19.1 Å². The van der Waals surface area contributed by atoms with Crippen LogP contribution in [0.5, 0.6) is 0 Å². The van der Waals surface area contributed by atoms with Crippen molar-refractivity contribution in [2.24, 2.45) is 0 Å². The number of carbonyl (C=O) groups excluding carboxylic acids is 2. The molecule has 0 bridgehead atoms. The smallest absolute Gasteiger partial charge is 0.303 e. The van der Waals surface area contributed by atoms with Crippen molar-refractivity contribution in [2.45, 2.75) is 38.9 Å². The predicted molar refractivity (Wildman–Crippen MR) is 58.6 cm³/mol. The van der Waals surface area contributed by atoms with E-state index in [0.717, 1.165) is 0 Å². The van der Waals surface area contributed by atoms with Crippen LogP contribution in [-0.4, -0.2) is 24.1 Å². The Morgan fingerprint density at radius 1 is 0.938 bits per heavy atom. The fraction of sp³-hybridized carbons (Fsp3) is 0.500. The van der Waals surface area contributed by atoms with Crippen LogP contribution in [0.25, 0.3) is 0 Å². The molecule has 2 atom stereocenters. The lowest BCUT2D eigenvalue weighted by Gasteiger charge is -2.18. The Morgan fingerprint density at radius 3 is 1.62 bits per heavy atom. The molecule has 16 heavy (non-hydrogen) atoms. The Balaban J connectivity index is 2.54. The minimum atomic E-state index is -0.303. The molecule has 0 amide bonds. The lowest BCUT2D eigenvalue weighted by Crippen LogP contribution is -2.20. The van der Waals surface area contributed by atoms with E-state index >= 15 is 0 Å². The van der Waals surface area contributed by atoms with E-state index in [-0.39, 0.29) is 24.1 Å². The molecule has 0 radical (unpaired) electrons. The highest BCUT2D eigenvalue weighted by Gasteiger charge is 2.15. The first-order chi connectivity index (χ1) is 7.58. The summed E-state index contributed by atoms with van der Waals surface area (Å²) >= 11 is 0. The van der Waals surface area contributed by atoms with Crippen LogP contribution in [0.3, 0.4) is 0 Å². The maximum absolute atomic E-state index is 10.8. The molecule has 0 aromatic rings. The zero-order valence-electron chi connectivity index (χ0n) is 9.51. The van der Waals surface area contributed by atoms with Crippen LogP contribution < -0.4 is 0 Å². The van der Waals surface area contributed by atoms with Crippen molar-refractivity contribution in [2.75, 3.05) is 0 Å². The lowest BCUT2D eigenvalue weighted by molar-refractivity contribution is -0.147. The highest BCUT2D eigenvalue weighted by atomic mass is 16.5. The van der Waals surface area contributed by atoms with Gasteiger partial charge in [0, 0.05) is 13.8 Å². The largest absolute Gasteiger partial charge is 0.458 e. The number of hydrogen-bond acceptors (Lipinski definition) is 4. The third-order valence-corrected chi connectivity index (χ3v) is 2.13. The van der Waals surface area contributed by atoms with Crippen molar-refractivity contribution in [3.8, 4) is 0 Å². The second-order valence-electron chi connectivity index (χ2n) is 3.64. The number of hydrogen-bond donors (Lipinski definition) is 0. The number of allylic oxidation sites excluding steroid dienone is 2. The third-order valence-electron chi connectivity index (χ3n) is 2.13. The average molecular weight is 224 g/mol. The SMILES string of the molecule is CC(=O)O[C@@H]1/C=C\C=C[C@H](OC(C)=O)CC1. The van der Waals surface area contributed by atoms with E-state index in [2.05, 4.69) is 0 Å². The molecule has 1 aliphatic rings. The molecular formula is C12H16O4. The van der Waals surface area contributed by atoms with Crippen LogP contribution in [0.1, 0.15) is 26.7 Å². The van der Waals surface area contributed by atoms with E-state index in [1.807, 2.05) is 12.2 Å². The van der Waals surface area contributed by atoms with Gasteiger partial charge in [-0.3, -0.25) is 9.59 Å². The van der Waals surface area contributed by atoms with Crippen LogP contribution >= 0.6 is 0 Å². The monoisotopic (exact) mass is 224 g/mol. The van der Waals surface area contributed by atoms with Crippen molar-refractivity contribution in [3.05, 3.63) is 24.3 Å². The molecule has 0 fully saturated rings. The van der Waals surface area contributed by atoms with Crippen LogP contribution in [0, 0.1) is 0 Å². The molecule has 4 heteroatoms. The molecule has 0 spiro atoms. The molecule has 0 unspecified atom stereocenters. The normalized spacial score (nSPS) is 26.4. The molecule has 0 aliphatic heterocycles. The molecule has 1 aliphatic carbocycles. The molecule has 1 rings (SSSR count). The van der Waals surface area contributed by atoms with Gasteiger partial charge in [0.05, 0.1) is 0 Å². The number of esters is 2. The third kappa shape index (κ3) is 4.77.